The van der Waals surface area contributed by atoms with Crippen LogP contribution < -0.4 is 10.2 Å². The molecule has 0 aliphatic carbocycles. The summed E-state index contributed by atoms with van der Waals surface area (Å²) < 4.78 is 0. The molecule has 0 bridgehead atoms. The molecular weight excluding hydrogens is 420 g/mol. The lowest BCUT2D eigenvalue weighted by Crippen LogP contribution is -2.44. The zero-order chi connectivity index (χ0) is 23.4. The van der Waals surface area contributed by atoms with Crippen molar-refractivity contribution in [2.45, 2.75) is 6.54 Å². The van der Waals surface area contributed by atoms with Crippen molar-refractivity contribution in [3.05, 3.63) is 63.7 Å². The van der Waals surface area contributed by atoms with Crippen molar-refractivity contribution >= 4 is 23.0 Å². The summed E-state index contributed by atoms with van der Waals surface area (Å²) in [6.07, 6.45) is 0. The van der Waals surface area contributed by atoms with Gasteiger partial charge in [-0.3, -0.25) is 19.8 Å². The summed E-state index contributed by atoms with van der Waals surface area (Å²) in [5.41, 5.74) is 2.57. The lowest BCUT2D eigenvalue weighted by molar-refractivity contribution is -0.383. The molecule has 2 aliphatic rings. The second-order valence-electron chi connectivity index (χ2n) is 8.98. The third kappa shape index (κ3) is 5.87. The number of nitrogens with one attached hydrogen (secondary N) is 1. The van der Waals surface area contributed by atoms with E-state index in [2.05, 4.69) is 39.0 Å². The van der Waals surface area contributed by atoms with E-state index in [9.17, 15) is 14.9 Å². The van der Waals surface area contributed by atoms with Crippen LogP contribution in [0, 0.1) is 10.1 Å². The zero-order valence-electron chi connectivity index (χ0n) is 19.4. The maximum absolute atomic E-state index is 13.0. The highest BCUT2D eigenvalue weighted by Crippen LogP contribution is 2.30. The Morgan fingerprint density at radius 1 is 0.939 bits per heavy atom. The van der Waals surface area contributed by atoms with Crippen LogP contribution in [0.15, 0.2) is 42.5 Å². The van der Waals surface area contributed by atoms with Crippen molar-refractivity contribution in [1.82, 2.24) is 14.7 Å². The smallest absolute Gasteiger partial charge is 0.292 e. The quantitative estimate of drug-likeness (QED) is 0.532. The second kappa shape index (κ2) is 10.3. The second-order valence-corrected chi connectivity index (χ2v) is 8.98. The molecule has 0 unspecified atom stereocenters. The molecule has 0 radical (unpaired) electrons. The third-order valence-electron chi connectivity index (χ3n) is 6.48. The molecule has 0 aromatic heterocycles. The molecule has 2 saturated heterocycles. The van der Waals surface area contributed by atoms with E-state index in [1.54, 1.807) is 18.2 Å². The van der Waals surface area contributed by atoms with Gasteiger partial charge in [-0.05, 0) is 43.9 Å². The first-order chi connectivity index (χ1) is 15.9. The molecule has 0 atom stereocenters. The molecule has 0 saturated carbocycles. The van der Waals surface area contributed by atoms with E-state index >= 15 is 0 Å². The van der Waals surface area contributed by atoms with E-state index in [4.69, 9.17) is 0 Å². The van der Waals surface area contributed by atoms with E-state index in [1.165, 1.54) is 6.07 Å². The number of rotatable bonds is 6. The molecule has 2 fully saturated rings. The first-order valence-corrected chi connectivity index (χ1v) is 11.4. The number of hydrogen-bond donors (Lipinski definition) is 1. The van der Waals surface area contributed by atoms with Gasteiger partial charge in [0.15, 0.2) is 0 Å². The van der Waals surface area contributed by atoms with Gasteiger partial charge >= 0.3 is 0 Å². The summed E-state index contributed by atoms with van der Waals surface area (Å²) in [7, 11) is 4.21. The van der Waals surface area contributed by atoms with E-state index in [1.807, 2.05) is 18.2 Å². The maximum Gasteiger partial charge on any atom is 0.292 e. The number of anilines is 2. The molecule has 2 heterocycles. The Labute approximate surface area is 194 Å². The average Bonchev–Trinajstić information content (AvgIpc) is 2.81. The Kier molecular flexibility index (Phi) is 7.22. The van der Waals surface area contributed by atoms with E-state index in [-0.39, 0.29) is 17.3 Å². The molecule has 2 aromatic carbocycles. The SMILES string of the molecule is CN1CCN(Cc2cccc(C(=O)Nc3cc(N4CCN(C)CC4)ccc3[N+](=O)[O-])c2)CC1. The Morgan fingerprint density at radius 3 is 2.27 bits per heavy atom. The van der Waals surface area contributed by atoms with Gasteiger partial charge in [-0.2, -0.15) is 0 Å². The molecule has 1 N–H and O–H groups in total. The van der Waals surface area contributed by atoms with Crippen LogP contribution in [-0.4, -0.2) is 92.0 Å². The van der Waals surface area contributed by atoms with Crippen LogP contribution in [0.3, 0.4) is 0 Å². The summed E-state index contributed by atoms with van der Waals surface area (Å²) in [4.78, 5) is 33.3. The highest BCUT2D eigenvalue weighted by Gasteiger charge is 2.21. The first-order valence-electron chi connectivity index (χ1n) is 11.4. The summed E-state index contributed by atoms with van der Waals surface area (Å²) in [6.45, 7) is 8.40. The van der Waals surface area contributed by atoms with Crippen molar-refractivity contribution in [1.29, 1.82) is 0 Å². The number of carbonyl (C=O) groups is 1. The number of likely N-dealkylation sites (N-methyl/N-ethyl adjacent to an activating group) is 2. The van der Waals surface area contributed by atoms with Gasteiger partial charge in [0.25, 0.3) is 11.6 Å². The third-order valence-corrected chi connectivity index (χ3v) is 6.48. The van der Waals surface area contributed by atoms with Crippen LogP contribution in [0.5, 0.6) is 0 Å². The van der Waals surface area contributed by atoms with Crippen LogP contribution in [0.25, 0.3) is 0 Å². The largest absolute Gasteiger partial charge is 0.369 e. The molecule has 1 amide bonds. The molecule has 0 spiro atoms. The molecule has 4 rings (SSSR count). The number of carbonyl (C=O) groups excluding carboxylic acids is 1. The van der Waals surface area contributed by atoms with Crippen molar-refractivity contribution < 1.29 is 9.72 Å². The summed E-state index contributed by atoms with van der Waals surface area (Å²) in [5, 5.41) is 14.4. The molecule has 9 heteroatoms. The van der Waals surface area contributed by atoms with Gasteiger partial charge in [0.1, 0.15) is 5.69 Å². The number of hydrogen-bond acceptors (Lipinski definition) is 7. The van der Waals surface area contributed by atoms with Crippen LogP contribution in [0.2, 0.25) is 0 Å². The maximum atomic E-state index is 13.0. The summed E-state index contributed by atoms with van der Waals surface area (Å²) >= 11 is 0. The number of nitro benzene ring substituents is 1. The average molecular weight is 453 g/mol. The molecule has 2 aliphatic heterocycles. The van der Waals surface area contributed by atoms with Gasteiger partial charge in [-0.25, -0.2) is 0 Å². The topological polar surface area (TPSA) is 85.2 Å². The minimum Gasteiger partial charge on any atom is -0.369 e. The minimum absolute atomic E-state index is 0.102. The van der Waals surface area contributed by atoms with E-state index in [0.717, 1.165) is 70.2 Å². The van der Waals surface area contributed by atoms with Gasteiger partial charge in [0.05, 0.1) is 4.92 Å². The Morgan fingerprint density at radius 2 is 1.61 bits per heavy atom. The van der Waals surface area contributed by atoms with E-state index in [0.29, 0.717) is 5.56 Å². The fraction of sp³-hybridized carbons (Fsp3) is 0.458. The summed E-state index contributed by atoms with van der Waals surface area (Å²) in [5.74, 6) is -0.339. The molecule has 176 valence electrons. The van der Waals surface area contributed by atoms with Crippen LogP contribution >= 0.6 is 0 Å². The standard InChI is InChI=1S/C24H32N6O3/c1-26-8-12-28(13-9-26)18-19-4-3-5-20(16-19)24(31)25-22-17-21(6-7-23(22)30(32)33)29-14-10-27(2)11-15-29/h3-7,16-17H,8-15,18H2,1-2H3,(H,25,31). The van der Waals surface area contributed by atoms with Gasteiger partial charge < -0.3 is 20.0 Å². The summed E-state index contributed by atoms with van der Waals surface area (Å²) in [6, 6.07) is 12.5. The number of amides is 1. The van der Waals surface area contributed by atoms with Crippen LogP contribution in [0.4, 0.5) is 17.1 Å². The van der Waals surface area contributed by atoms with Gasteiger partial charge in [-0.1, -0.05) is 12.1 Å². The highest BCUT2D eigenvalue weighted by molar-refractivity contribution is 6.05. The number of piperazine rings is 2. The van der Waals surface area contributed by atoms with Gasteiger partial charge in [-0.15, -0.1) is 0 Å². The van der Waals surface area contributed by atoms with Crippen LogP contribution in [-0.2, 0) is 6.54 Å². The Hall–Kier alpha value is -3.01. The van der Waals surface area contributed by atoms with Crippen molar-refractivity contribution in [2.75, 3.05) is 76.7 Å². The normalized spacial score (nSPS) is 18.3. The van der Waals surface area contributed by atoms with Gasteiger partial charge in [0.2, 0.25) is 0 Å². The predicted octanol–water partition coefficient (Wildman–Crippen LogP) is 2.35. The molecule has 33 heavy (non-hydrogen) atoms. The first kappa shape index (κ1) is 23.2. The Bertz CT molecular complexity index is 997. The zero-order valence-corrected chi connectivity index (χ0v) is 19.4. The van der Waals surface area contributed by atoms with Crippen molar-refractivity contribution in [2.24, 2.45) is 0 Å². The fourth-order valence-corrected chi connectivity index (χ4v) is 4.31. The monoisotopic (exact) mass is 452 g/mol. The molecule has 9 nitrogen and oxygen atoms in total. The molecule has 2 aromatic rings. The van der Waals surface area contributed by atoms with Gasteiger partial charge in [0, 0.05) is 76.2 Å². The predicted molar refractivity (Wildman–Crippen MR) is 130 cm³/mol. The fourth-order valence-electron chi connectivity index (χ4n) is 4.31. The van der Waals surface area contributed by atoms with Crippen molar-refractivity contribution in [3.8, 4) is 0 Å². The van der Waals surface area contributed by atoms with Crippen molar-refractivity contribution in [3.63, 3.8) is 0 Å². The lowest BCUT2D eigenvalue weighted by Gasteiger charge is -2.34. The minimum atomic E-state index is -0.451. The number of benzene rings is 2. The highest BCUT2D eigenvalue weighted by atomic mass is 16.6. The van der Waals surface area contributed by atoms with E-state index < -0.39 is 4.92 Å². The Balaban J connectivity index is 1.49. The number of nitrogens with zero attached hydrogens (tertiary/aromatic N) is 5. The number of nitro groups is 1. The molecular formula is C24H32N6O3. The van der Waals surface area contributed by atoms with Crippen LogP contribution in [0.1, 0.15) is 15.9 Å². The lowest BCUT2D eigenvalue weighted by atomic mass is 10.1.